The van der Waals surface area contributed by atoms with E-state index in [9.17, 15) is 21.6 Å². The second kappa shape index (κ2) is 11.3. The molecular formula is C23H31N3O6S2. The number of carbonyl (C=O) groups is 1. The monoisotopic (exact) mass is 509 g/mol. The van der Waals surface area contributed by atoms with Gasteiger partial charge in [0.05, 0.1) is 17.7 Å². The van der Waals surface area contributed by atoms with Crippen molar-refractivity contribution < 1.29 is 26.4 Å². The summed E-state index contributed by atoms with van der Waals surface area (Å²) in [5.41, 5.74) is 0.555. The van der Waals surface area contributed by atoms with Crippen LogP contribution in [0.1, 0.15) is 30.9 Å². The molecule has 1 atom stereocenters. The summed E-state index contributed by atoms with van der Waals surface area (Å²) in [6, 6.07) is 13.9. The van der Waals surface area contributed by atoms with Crippen molar-refractivity contribution in [3.63, 3.8) is 0 Å². The number of nitrogens with zero attached hydrogens (tertiary/aromatic N) is 2. The zero-order valence-corrected chi connectivity index (χ0v) is 21.0. The molecule has 1 fully saturated rings. The summed E-state index contributed by atoms with van der Waals surface area (Å²) >= 11 is 0. The van der Waals surface area contributed by atoms with Gasteiger partial charge in [0.2, 0.25) is 26.0 Å². The Labute approximate surface area is 201 Å². The van der Waals surface area contributed by atoms with Crippen LogP contribution in [0, 0.1) is 0 Å². The molecule has 0 radical (unpaired) electrons. The summed E-state index contributed by atoms with van der Waals surface area (Å²) in [6.45, 7) is 1.36. The molecule has 0 unspecified atom stereocenters. The Bertz CT molecular complexity index is 1160. The maximum atomic E-state index is 12.8. The molecule has 0 saturated carbocycles. The van der Waals surface area contributed by atoms with Crippen molar-refractivity contribution in [1.82, 2.24) is 13.9 Å². The number of piperidine rings is 1. The molecule has 1 amide bonds. The number of ether oxygens (including phenoxy) is 1. The SMILES string of the molecule is CN([C@@H](C(=O)NCCOc1ccc(S(=O)(=O)N2CCCCC2)cc1)c1ccccc1)S(C)(=O)=O. The van der Waals surface area contributed by atoms with E-state index in [0.717, 1.165) is 29.8 Å². The number of rotatable bonds is 10. The van der Waals surface area contributed by atoms with Crippen molar-refractivity contribution in [3.05, 3.63) is 60.2 Å². The fraction of sp³-hybridized carbons (Fsp3) is 0.435. The van der Waals surface area contributed by atoms with Gasteiger partial charge >= 0.3 is 0 Å². The number of nitrogens with one attached hydrogen (secondary N) is 1. The van der Waals surface area contributed by atoms with Gasteiger partial charge in [0.25, 0.3) is 0 Å². The topological polar surface area (TPSA) is 113 Å². The number of amides is 1. The van der Waals surface area contributed by atoms with E-state index >= 15 is 0 Å². The molecule has 34 heavy (non-hydrogen) atoms. The molecule has 0 aliphatic carbocycles. The predicted octanol–water partition coefficient (Wildman–Crippen LogP) is 1.99. The summed E-state index contributed by atoms with van der Waals surface area (Å²) < 4.78 is 57.7. The second-order valence-electron chi connectivity index (χ2n) is 8.17. The highest BCUT2D eigenvalue weighted by atomic mass is 32.2. The van der Waals surface area contributed by atoms with Crippen LogP contribution >= 0.6 is 0 Å². The van der Waals surface area contributed by atoms with Gasteiger partial charge in [0.15, 0.2) is 0 Å². The lowest BCUT2D eigenvalue weighted by Gasteiger charge is -2.26. The Hall–Kier alpha value is -2.47. The van der Waals surface area contributed by atoms with Crippen LogP contribution in [-0.2, 0) is 24.8 Å². The normalized spacial score (nSPS) is 16.2. The molecule has 1 saturated heterocycles. The van der Waals surface area contributed by atoms with E-state index < -0.39 is 32.0 Å². The maximum Gasteiger partial charge on any atom is 0.243 e. The van der Waals surface area contributed by atoms with Crippen molar-refractivity contribution in [2.75, 3.05) is 39.5 Å². The molecule has 1 heterocycles. The summed E-state index contributed by atoms with van der Waals surface area (Å²) in [6.07, 6.45) is 3.84. The van der Waals surface area contributed by atoms with Crippen molar-refractivity contribution in [1.29, 1.82) is 0 Å². The summed E-state index contributed by atoms with van der Waals surface area (Å²) in [5.74, 6) is 0.00500. The van der Waals surface area contributed by atoms with E-state index in [1.54, 1.807) is 42.5 Å². The van der Waals surface area contributed by atoms with Crippen LogP contribution in [0.2, 0.25) is 0 Å². The predicted molar refractivity (Wildman–Crippen MR) is 129 cm³/mol. The third-order valence-corrected chi connectivity index (χ3v) is 8.87. The van der Waals surface area contributed by atoms with Gasteiger partial charge in [-0.3, -0.25) is 4.79 Å². The minimum absolute atomic E-state index is 0.133. The van der Waals surface area contributed by atoms with E-state index in [-0.39, 0.29) is 18.0 Å². The first-order chi connectivity index (χ1) is 16.1. The number of sulfonamides is 2. The zero-order valence-electron chi connectivity index (χ0n) is 19.4. The van der Waals surface area contributed by atoms with E-state index in [1.165, 1.54) is 23.5 Å². The molecule has 2 aromatic rings. The Morgan fingerprint density at radius 3 is 2.21 bits per heavy atom. The molecule has 1 aliphatic rings. The minimum Gasteiger partial charge on any atom is -0.492 e. The molecule has 0 aromatic heterocycles. The third kappa shape index (κ3) is 6.56. The Balaban J connectivity index is 1.56. The Morgan fingerprint density at radius 1 is 1.00 bits per heavy atom. The third-order valence-electron chi connectivity index (χ3n) is 5.70. The fourth-order valence-electron chi connectivity index (χ4n) is 3.76. The number of carbonyl (C=O) groups excluding carboxylic acids is 1. The number of benzene rings is 2. The minimum atomic E-state index is -3.60. The molecule has 186 valence electrons. The van der Waals surface area contributed by atoms with Crippen LogP contribution in [0.3, 0.4) is 0 Å². The molecule has 1 N–H and O–H groups in total. The van der Waals surface area contributed by atoms with Gasteiger partial charge in [-0.05, 0) is 42.7 Å². The van der Waals surface area contributed by atoms with Crippen molar-refractivity contribution >= 4 is 26.0 Å². The number of likely N-dealkylation sites (N-methyl/N-ethyl adjacent to an activating group) is 1. The molecule has 0 bridgehead atoms. The Morgan fingerprint density at radius 2 is 1.62 bits per heavy atom. The summed E-state index contributed by atoms with van der Waals surface area (Å²) in [4.78, 5) is 13.0. The van der Waals surface area contributed by atoms with Gasteiger partial charge in [-0.15, -0.1) is 0 Å². The average Bonchev–Trinajstić information content (AvgIpc) is 2.83. The van der Waals surface area contributed by atoms with Crippen molar-refractivity contribution in [2.24, 2.45) is 0 Å². The van der Waals surface area contributed by atoms with E-state index in [0.29, 0.717) is 24.4 Å². The fourth-order valence-corrected chi connectivity index (χ4v) is 5.87. The van der Waals surface area contributed by atoms with Gasteiger partial charge in [-0.2, -0.15) is 8.61 Å². The molecule has 9 nitrogen and oxygen atoms in total. The van der Waals surface area contributed by atoms with Gasteiger partial charge in [-0.1, -0.05) is 36.8 Å². The number of hydrogen-bond acceptors (Lipinski definition) is 6. The van der Waals surface area contributed by atoms with E-state index in [1.807, 2.05) is 0 Å². The van der Waals surface area contributed by atoms with Crippen LogP contribution in [0.5, 0.6) is 5.75 Å². The molecule has 11 heteroatoms. The highest BCUT2D eigenvalue weighted by Gasteiger charge is 2.30. The lowest BCUT2D eigenvalue weighted by Crippen LogP contribution is -2.42. The van der Waals surface area contributed by atoms with Gasteiger partial charge < -0.3 is 10.1 Å². The van der Waals surface area contributed by atoms with Crippen molar-refractivity contribution in [2.45, 2.75) is 30.2 Å². The lowest BCUT2D eigenvalue weighted by atomic mass is 10.1. The van der Waals surface area contributed by atoms with Crippen LogP contribution in [-0.4, -0.2) is 70.9 Å². The molecule has 0 spiro atoms. The average molecular weight is 510 g/mol. The van der Waals surface area contributed by atoms with Crippen molar-refractivity contribution in [3.8, 4) is 5.75 Å². The van der Waals surface area contributed by atoms with Gasteiger partial charge in [-0.25, -0.2) is 16.8 Å². The zero-order chi connectivity index (χ0) is 24.8. The molecule has 3 rings (SSSR count). The summed E-state index contributed by atoms with van der Waals surface area (Å²) in [7, 11) is -5.75. The van der Waals surface area contributed by atoms with Gasteiger partial charge in [0, 0.05) is 20.1 Å². The van der Waals surface area contributed by atoms with Crippen LogP contribution in [0.25, 0.3) is 0 Å². The standard InChI is InChI=1S/C23H31N3O6S2/c1-25(33(2,28)29)22(19-9-5-3-6-10-19)23(27)24-15-18-32-20-11-13-21(14-12-20)34(30,31)26-16-7-4-8-17-26/h3,5-6,9-14,22H,4,7-8,15-18H2,1-2H3,(H,24,27)/t22-/m1/s1. The molecular weight excluding hydrogens is 478 g/mol. The lowest BCUT2D eigenvalue weighted by molar-refractivity contribution is -0.124. The number of hydrogen-bond donors (Lipinski definition) is 1. The van der Waals surface area contributed by atoms with E-state index in [2.05, 4.69) is 5.32 Å². The van der Waals surface area contributed by atoms with Crippen LogP contribution in [0.15, 0.2) is 59.5 Å². The molecule has 1 aliphatic heterocycles. The first kappa shape index (κ1) is 26.1. The van der Waals surface area contributed by atoms with E-state index in [4.69, 9.17) is 4.74 Å². The summed E-state index contributed by atoms with van der Waals surface area (Å²) in [5, 5.41) is 2.71. The second-order valence-corrected chi connectivity index (χ2v) is 12.1. The van der Waals surface area contributed by atoms with Crippen LogP contribution < -0.4 is 10.1 Å². The maximum absolute atomic E-state index is 12.8. The Kier molecular flexibility index (Phi) is 8.69. The van der Waals surface area contributed by atoms with Gasteiger partial charge in [0.1, 0.15) is 18.4 Å². The smallest absolute Gasteiger partial charge is 0.243 e. The molecule has 2 aromatic carbocycles. The first-order valence-electron chi connectivity index (χ1n) is 11.1. The highest BCUT2D eigenvalue weighted by molar-refractivity contribution is 7.89. The first-order valence-corrected chi connectivity index (χ1v) is 14.4. The quantitative estimate of drug-likeness (QED) is 0.490. The van der Waals surface area contributed by atoms with Crippen LogP contribution in [0.4, 0.5) is 0 Å². The highest BCUT2D eigenvalue weighted by Crippen LogP contribution is 2.23. The largest absolute Gasteiger partial charge is 0.492 e.